The molecule has 0 aromatic rings. The van der Waals surface area contributed by atoms with Crippen molar-refractivity contribution in [2.45, 2.75) is 25.7 Å². The summed E-state index contributed by atoms with van der Waals surface area (Å²) in [5, 5.41) is 0. The van der Waals surface area contributed by atoms with Crippen molar-refractivity contribution in [2.75, 3.05) is 0 Å². The molecule has 0 aromatic carbocycles. The molecule has 1 rings (SSSR count). The van der Waals surface area contributed by atoms with Crippen molar-refractivity contribution >= 4 is 11.8 Å². The van der Waals surface area contributed by atoms with Gasteiger partial charge in [0.2, 0.25) is 11.8 Å². The van der Waals surface area contributed by atoms with Gasteiger partial charge in [-0.15, -0.1) is 0 Å². The van der Waals surface area contributed by atoms with Crippen LogP contribution in [-0.2, 0) is 9.59 Å². The monoisotopic (exact) mass is 170 g/mol. The quantitative estimate of drug-likeness (QED) is 0.599. The molecule has 0 saturated heterocycles. The number of primary amides is 2. The average molecular weight is 170 g/mol. The zero-order valence-electron chi connectivity index (χ0n) is 6.95. The van der Waals surface area contributed by atoms with E-state index >= 15 is 0 Å². The molecule has 1 fully saturated rings. The Hall–Kier alpha value is -1.06. The van der Waals surface area contributed by atoms with E-state index < -0.39 is 0 Å². The highest BCUT2D eigenvalue weighted by atomic mass is 16.1. The van der Waals surface area contributed by atoms with E-state index in [1.165, 1.54) is 0 Å². The second-order valence-corrected chi connectivity index (χ2v) is 3.35. The number of hydrogen-bond acceptors (Lipinski definition) is 2. The summed E-state index contributed by atoms with van der Waals surface area (Å²) in [5.41, 5.74) is 10.3. The molecule has 1 aliphatic rings. The fourth-order valence-corrected chi connectivity index (χ4v) is 1.66. The standard InChI is InChI=1S/C8H14N2O2/c9-7(11)5-1-2-6(4-3-5)8(10)12/h5-6H,1-4H2,(H2,9,11)(H2,10,12). The van der Waals surface area contributed by atoms with Gasteiger partial charge in [0.1, 0.15) is 0 Å². The van der Waals surface area contributed by atoms with Crippen LogP contribution >= 0.6 is 0 Å². The third kappa shape index (κ3) is 1.96. The molecule has 0 bridgehead atoms. The maximum Gasteiger partial charge on any atom is 0.220 e. The zero-order chi connectivity index (χ0) is 9.14. The first kappa shape index (κ1) is 9.03. The van der Waals surface area contributed by atoms with E-state index in [9.17, 15) is 9.59 Å². The van der Waals surface area contributed by atoms with Crippen molar-refractivity contribution in [3.8, 4) is 0 Å². The van der Waals surface area contributed by atoms with E-state index in [1.54, 1.807) is 0 Å². The van der Waals surface area contributed by atoms with Crippen LogP contribution in [0.4, 0.5) is 0 Å². The van der Waals surface area contributed by atoms with Crippen LogP contribution in [0.1, 0.15) is 25.7 Å². The number of carbonyl (C=O) groups is 2. The van der Waals surface area contributed by atoms with E-state index in [1.807, 2.05) is 0 Å². The average Bonchev–Trinajstić information content (AvgIpc) is 2.04. The third-order valence-corrected chi connectivity index (χ3v) is 2.53. The van der Waals surface area contributed by atoms with Gasteiger partial charge in [0.15, 0.2) is 0 Å². The molecule has 4 N–H and O–H groups in total. The Balaban J connectivity index is 2.39. The van der Waals surface area contributed by atoms with E-state index in [0.717, 1.165) is 0 Å². The normalized spacial score (nSPS) is 29.7. The molecule has 0 heterocycles. The molecule has 0 aromatic heterocycles. The molecule has 0 spiro atoms. The molecule has 0 atom stereocenters. The zero-order valence-corrected chi connectivity index (χ0v) is 6.95. The van der Waals surface area contributed by atoms with Gasteiger partial charge in [0, 0.05) is 11.8 Å². The highest BCUT2D eigenvalue weighted by molar-refractivity contribution is 5.79. The summed E-state index contributed by atoms with van der Waals surface area (Å²) in [6, 6.07) is 0. The first-order chi connectivity index (χ1) is 5.61. The maximum atomic E-state index is 10.7. The fourth-order valence-electron chi connectivity index (χ4n) is 1.66. The second-order valence-electron chi connectivity index (χ2n) is 3.35. The third-order valence-electron chi connectivity index (χ3n) is 2.53. The van der Waals surface area contributed by atoms with Gasteiger partial charge < -0.3 is 11.5 Å². The van der Waals surface area contributed by atoms with Crippen LogP contribution in [0, 0.1) is 11.8 Å². The molecule has 12 heavy (non-hydrogen) atoms. The molecule has 2 amide bonds. The topological polar surface area (TPSA) is 86.2 Å². The van der Waals surface area contributed by atoms with Crippen LogP contribution in [0.3, 0.4) is 0 Å². The smallest absolute Gasteiger partial charge is 0.220 e. The van der Waals surface area contributed by atoms with E-state index in [-0.39, 0.29) is 23.7 Å². The van der Waals surface area contributed by atoms with Crippen LogP contribution in [0.25, 0.3) is 0 Å². The van der Waals surface area contributed by atoms with E-state index in [2.05, 4.69) is 0 Å². The van der Waals surface area contributed by atoms with Crippen molar-refractivity contribution in [3.63, 3.8) is 0 Å². The van der Waals surface area contributed by atoms with Crippen LogP contribution < -0.4 is 11.5 Å². The van der Waals surface area contributed by atoms with Gasteiger partial charge in [-0.25, -0.2) is 0 Å². The van der Waals surface area contributed by atoms with Gasteiger partial charge in [0.25, 0.3) is 0 Å². The molecule has 0 radical (unpaired) electrons. The number of hydrogen-bond donors (Lipinski definition) is 2. The Bertz CT molecular complexity index is 173. The minimum atomic E-state index is -0.252. The van der Waals surface area contributed by atoms with Crippen molar-refractivity contribution in [2.24, 2.45) is 23.3 Å². The van der Waals surface area contributed by atoms with Crippen molar-refractivity contribution < 1.29 is 9.59 Å². The fraction of sp³-hybridized carbons (Fsp3) is 0.750. The Labute approximate surface area is 71.3 Å². The lowest BCUT2D eigenvalue weighted by Gasteiger charge is -2.23. The van der Waals surface area contributed by atoms with Crippen molar-refractivity contribution in [3.05, 3.63) is 0 Å². The SMILES string of the molecule is NC(=O)C1CCC(C(N)=O)CC1. The molecule has 0 aliphatic heterocycles. The van der Waals surface area contributed by atoms with Crippen molar-refractivity contribution in [1.29, 1.82) is 0 Å². The van der Waals surface area contributed by atoms with Gasteiger partial charge >= 0.3 is 0 Å². The highest BCUT2D eigenvalue weighted by Gasteiger charge is 2.27. The molecule has 0 unspecified atom stereocenters. The van der Waals surface area contributed by atoms with Gasteiger partial charge in [-0.3, -0.25) is 9.59 Å². The summed E-state index contributed by atoms with van der Waals surface area (Å²) >= 11 is 0. The van der Waals surface area contributed by atoms with E-state index in [4.69, 9.17) is 11.5 Å². The summed E-state index contributed by atoms with van der Waals surface area (Å²) in [5.74, 6) is -0.586. The summed E-state index contributed by atoms with van der Waals surface area (Å²) in [4.78, 5) is 21.5. The summed E-state index contributed by atoms with van der Waals surface area (Å²) in [6.07, 6.45) is 2.84. The summed E-state index contributed by atoms with van der Waals surface area (Å²) in [6.45, 7) is 0. The Kier molecular flexibility index (Phi) is 2.68. The predicted molar refractivity (Wildman–Crippen MR) is 43.8 cm³/mol. The summed E-state index contributed by atoms with van der Waals surface area (Å²) < 4.78 is 0. The molecule has 68 valence electrons. The second kappa shape index (κ2) is 3.56. The lowest BCUT2D eigenvalue weighted by molar-refractivity contribution is -0.127. The molecule has 1 aliphatic carbocycles. The number of carbonyl (C=O) groups excluding carboxylic acids is 2. The maximum absolute atomic E-state index is 10.7. The lowest BCUT2D eigenvalue weighted by atomic mass is 9.81. The Morgan fingerprint density at radius 2 is 1.08 bits per heavy atom. The van der Waals surface area contributed by atoms with Gasteiger partial charge in [-0.1, -0.05) is 0 Å². The predicted octanol–water partition coefficient (Wildman–Crippen LogP) is -0.237. The first-order valence-electron chi connectivity index (χ1n) is 4.20. The number of amides is 2. The first-order valence-corrected chi connectivity index (χ1v) is 4.20. The molecular formula is C8H14N2O2. The Morgan fingerprint density at radius 1 is 0.833 bits per heavy atom. The van der Waals surface area contributed by atoms with Gasteiger partial charge in [-0.2, -0.15) is 0 Å². The van der Waals surface area contributed by atoms with Crippen LogP contribution in [0.5, 0.6) is 0 Å². The minimum Gasteiger partial charge on any atom is -0.369 e. The molecule has 1 saturated carbocycles. The van der Waals surface area contributed by atoms with Crippen LogP contribution in [0.15, 0.2) is 0 Å². The minimum absolute atomic E-state index is 0.0411. The van der Waals surface area contributed by atoms with Crippen LogP contribution in [-0.4, -0.2) is 11.8 Å². The highest BCUT2D eigenvalue weighted by Crippen LogP contribution is 2.27. The van der Waals surface area contributed by atoms with Crippen molar-refractivity contribution in [1.82, 2.24) is 0 Å². The van der Waals surface area contributed by atoms with Gasteiger partial charge in [-0.05, 0) is 25.7 Å². The molecule has 4 heteroatoms. The molecular weight excluding hydrogens is 156 g/mol. The lowest BCUT2D eigenvalue weighted by Crippen LogP contribution is -2.32. The molecule has 4 nitrogen and oxygen atoms in total. The number of rotatable bonds is 2. The Morgan fingerprint density at radius 3 is 1.25 bits per heavy atom. The van der Waals surface area contributed by atoms with Crippen LogP contribution in [0.2, 0.25) is 0 Å². The summed E-state index contributed by atoms with van der Waals surface area (Å²) in [7, 11) is 0. The van der Waals surface area contributed by atoms with E-state index in [0.29, 0.717) is 25.7 Å². The largest absolute Gasteiger partial charge is 0.369 e. The van der Waals surface area contributed by atoms with Gasteiger partial charge in [0.05, 0.1) is 0 Å². The number of nitrogens with two attached hydrogens (primary N) is 2.